The number of halogens is 4. The number of hydrogen-bond donors (Lipinski definition) is 0. The Morgan fingerprint density at radius 1 is 1.10 bits per heavy atom. The van der Waals surface area contributed by atoms with Gasteiger partial charge in [-0.2, -0.15) is 13.2 Å². The highest BCUT2D eigenvalue weighted by Crippen LogP contribution is 2.34. The van der Waals surface area contributed by atoms with Gasteiger partial charge in [0.25, 0.3) is 0 Å². The average Bonchev–Trinajstić information content (AvgIpc) is 2.67. The number of alkyl halides is 3. The van der Waals surface area contributed by atoms with E-state index in [4.69, 9.17) is 0 Å². The van der Waals surface area contributed by atoms with Crippen molar-refractivity contribution in [3.05, 3.63) is 23.5 Å². The maximum Gasteiger partial charge on any atom is 0.398 e. The zero-order chi connectivity index (χ0) is 21.2. The summed E-state index contributed by atoms with van der Waals surface area (Å²) in [6.07, 6.45) is -0.222. The Morgan fingerprint density at radius 3 is 2.31 bits per heavy atom. The molecule has 8 heteroatoms. The summed E-state index contributed by atoms with van der Waals surface area (Å²) in [7, 11) is 0. The molecule has 0 spiro atoms. The molecular weight excluding hydrogens is 404 g/mol. The van der Waals surface area contributed by atoms with Crippen LogP contribution in [0.4, 0.5) is 23.2 Å². The average molecular weight is 433 g/mol. The Balaban J connectivity index is 1.62. The van der Waals surface area contributed by atoms with Crippen molar-refractivity contribution in [2.45, 2.75) is 50.6 Å². The van der Waals surface area contributed by atoms with Crippen molar-refractivity contribution in [2.24, 2.45) is 11.8 Å². The predicted molar refractivity (Wildman–Crippen MR) is 108 cm³/mol. The fourth-order valence-corrected chi connectivity index (χ4v) is 4.93. The summed E-state index contributed by atoms with van der Waals surface area (Å²) in [5, 5.41) is 0. The van der Waals surface area contributed by atoms with Crippen LogP contribution in [0.5, 0.6) is 0 Å². The lowest BCUT2D eigenvalue weighted by Crippen LogP contribution is -2.51. The molecule has 0 radical (unpaired) electrons. The molecule has 2 aliphatic rings. The second-order valence-electron chi connectivity index (χ2n) is 8.24. The molecule has 1 aliphatic carbocycles. The van der Waals surface area contributed by atoms with E-state index in [1.165, 1.54) is 12.1 Å². The van der Waals surface area contributed by atoms with Crippen LogP contribution >= 0.6 is 11.8 Å². The number of amides is 1. The summed E-state index contributed by atoms with van der Waals surface area (Å²) in [6.45, 7) is 5.84. The zero-order valence-corrected chi connectivity index (χ0v) is 17.7. The van der Waals surface area contributed by atoms with Crippen LogP contribution in [0.25, 0.3) is 0 Å². The molecule has 3 nitrogen and oxygen atoms in total. The van der Waals surface area contributed by atoms with E-state index in [0.29, 0.717) is 60.0 Å². The first-order valence-corrected chi connectivity index (χ1v) is 11.2. The molecular formula is C21H28F4N2OS. The summed E-state index contributed by atoms with van der Waals surface area (Å²) in [5.74, 6) is -0.451. The Bertz CT molecular complexity index is 724. The largest absolute Gasteiger partial charge is 0.398 e. The third-order valence-electron chi connectivity index (χ3n) is 5.93. The molecule has 1 amide bonds. The van der Waals surface area contributed by atoms with Crippen LogP contribution < -0.4 is 4.90 Å². The van der Waals surface area contributed by atoms with Crippen molar-refractivity contribution in [3.8, 4) is 0 Å². The SMILES string of the molecule is Cc1cc(F)c(N2CCN(C(=O)C3CCC(C)CC3)CC2)cc1SCC(F)(F)F. The van der Waals surface area contributed by atoms with Crippen LogP contribution in [0, 0.1) is 24.6 Å². The minimum Gasteiger partial charge on any atom is -0.366 e. The van der Waals surface area contributed by atoms with Gasteiger partial charge in [-0.3, -0.25) is 4.79 Å². The summed E-state index contributed by atoms with van der Waals surface area (Å²) >= 11 is 0.682. The topological polar surface area (TPSA) is 23.6 Å². The molecule has 0 unspecified atom stereocenters. The second kappa shape index (κ2) is 9.14. The van der Waals surface area contributed by atoms with Gasteiger partial charge in [0.2, 0.25) is 5.91 Å². The first-order chi connectivity index (χ1) is 13.6. The highest BCUT2D eigenvalue weighted by atomic mass is 32.2. The second-order valence-corrected chi connectivity index (χ2v) is 9.26. The maximum absolute atomic E-state index is 14.5. The summed E-state index contributed by atoms with van der Waals surface area (Å²) in [4.78, 5) is 16.9. The number of benzene rings is 1. The normalized spacial score (nSPS) is 23.4. The summed E-state index contributed by atoms with van der Waals surface area (Å²) in [6, 6.07) is 2.82. The molecule has 162 valence electrons. The van der Waals surface area contributed by atoms with Gasteiger partial charge in [-0.15, -0.1) is 11.8 Å². The number of aryl methyl sites for hydroxylation is 1. The number of rotatable bonds is 4. The highest BCUT2D eigenvalue weighted by Gasteiger charge is 2.31. The molecule has 1 aromatic rings. The van der Waals surface area contributed by atoms with Gasteiger partial charge >= 0.3 is 6.18 Å². The van der Waals surface area contributed by atoms with Crippen LogP contribution in [-0.4, -0.2) is 48.9 Å². The van der Waals surface area contributed by atoms with Gasteiger partial charge in [-0.05, 0) is 56.2 Å². The van der Waals surface area contributed by atoms with E-state index in [-0.39, 0.29) is 11.8 Å². The van der Waals surface area contributed by atoms with E-state index in [2.05, 4.69) is 6.92 Å². The minimum atomic E-state index is -4.27. The van der Waals surface area contributed by atoms with Gasteiger partial charge in [0, 0.05) is 37.0 Å². The van der Waals surface area contributed by atoms with E-state index in [1.807, 2.05) is 9.80 Å². The van der Waals surface area contributed by atoms with E-state index < -0.39 is 17.7 Å². The van der Waals surface area contributed by atoms with Gasteiger partial charge in [-0.25, -0.2) is 4.39 Å². The van der Waals surface area contributed by atoms with Gasteiger partial charge in [0.15, 0.2) is 0 Å². The van der Waals surface area contributed by atoms with E-state index >= 15 is 0 Å². The van der Waals surface area contributed by atoms with E-state index in [9.17, 15) is 22.4 Å². The number of nitrogens with zero attached hydrogens (tertiary/aromatic N) is 2. The number of hydrogen-bond acceptors (Lipinski definition) is 3. The minimum absolute atomic E-state index is 0.0965. The molecule has 0 N–H and O–H groups in total. The van der Waals surface area contributed by atoms with Crippen molar-refractivity contribution in [1.29, 1.82) is 0 Å². The van der Waals surface area contributed by atoms with Crippen molar-refractivity contribution < 1.29 is 22.4 Å². The fourth-order valence-electron chi connectivity index (χ4n) is 4.13. The van der Waals surface area contributed by atoms with Crippen molar-refractivity contribution in [1.82, 2.24) is 4.90 Å². The molecule has 0 bridgehead atoms. The molecule has 1 aromatic carbocycles. The van der Waals surface area contributed by atoms with E-state index in [1.54, 1.807) is 6.92 Å². The first-order valence-electron chi connectivity index (χ1n) is 10.2. The number of anilines is 1. The van der Waals surface area contributed by atoms with Crippen molar-refractivity contribution in [2.75, 3.05) is 36.8 Å². The molecule has 0 aromatic heterocycles. The van der Waals surface area contributed by atoms with Crippen LogP contribution in [-0.2, 0) is 4.79 Å². The molecule has 3 rings (SSSR count). The van der Waals surface area contributed by atoms with Crippen LogP contribution in [0.2, 0.25) is 0 Å². The van der Waals surface area contributed by atoms with Crippen molar-refractivity contribution in [3.63, 3.8) is 0 Å². The molecule has 1 aliphatic heterocycles. The number of carbonyl (C=O) groups is 1. The van der Waals surface area contributed by atoms with Gasteiger partial charge in [0.1, 0.15) is 5.82 Å². The van der Waals surface area contributed by atoms with Crippen LogP contribution in [0.15, 0.2) is 17.0 Å². The summed E-state index contributed by atoms with van der Waals surface area (Å²) < 4.78 is 52.2. The fraction of sp³-hybridized carbons (Fsp3) is 0.667. The molecule has 29 heavy (non-hydrogen) atoms. The number of carbonyl (C=O) groups excluding carboxylic acids is 1. The Hall–Kier alpha value is -1.44. The van der Waals surface area contributed by atoms with Gasteiger partial charge < -0.3 is 9.80 Å². The third-order valence-corrected chi connectivity index (χ3v) is 7.16. The maximum atomic E-state index is 14.5. The lowest BCUT2D eigenvalue weighted by atomic mass is 9.82. The highest BCUT2D eigenvalue weighted by molar-refractivity contribution is 7.99. The monoisotopic (exact) mass is 432 g/mol. The van der Waals surface area contributed by atoms with Crippen molar-refractivity contribution >= 4 is 23.4 Å². The van der Waals surface area contributed by atoms with Crippen LogP contribution in [0.3, 0.4) is 0 Å². The Morgan fingerprint density at radius 2 is 1.72 bits per heavy atom. The lowest BCUT2D eigenvalue weighted by Gasteiger charge is -2.38. The standard InChI is InChI=1S/C21H28F4N2OS/c1-14-3-5-16(6-4-14)20(28)27-9-7-26(8-10-27)18-12-19(15(2)11-17(18)22)29-13-21(23,24)25/h11-12,14,16H,3-10,13H2,1-2H3. The number of piperazine rings is 1. The first kappa shape index (κ1) is 22.2. The van der Waals surface area contributed by atoms with Crippen LogP contribution in [0.1, 0.15) is 38.2 Å². The zero-order valence-electron chi connectivity index (χ0n) is 16.9. The Kier molecular flexibility index (Phi) is 7.02. The molecule has 0 atom stereocenters. The molecule has 2 fully saturated rings. The predicted octanol–water partition coefficient (Wildman–Crippen LogP) is 5.26. The Labute approximate surface area is 173 Å². The van der Waals surface area contributed by atoms with Gasteiger partial charge in [0.05, 0.1) is 11.4 Å². The molecule has 1 saturated carbocycles. The number of thioether (sulfide) groups is 1. The van der Waals surface area contributed by atoms with E-state index in [0.717, 1.165) is 25.7 Å². The third kappa shape index (κ3) is 5.80. The smallest absolute Gasteiger partial charge is 0.366 e. The quantitative estimate of drug-likeness (QED) is 0.479. The summed E-state index contributed by atoms with van der Waals surface area (Å²) in [5.41, 5.74) is 0.819. The lowest BCUT2D eigenvalue weighted by molar-refractivity contribution is -0.137. The van der Waals surface area contributed by atoms with Gasteiger partial charge in [-0.1, -0.05) is 6.92 Å². The molecule has 1 heterocycles. The molecule has 1 saturated heterocycles.